The fourth-order valence-electron chi connectivity index (χ4n) is 1.73. The summed E-state index contributed by atoms with van der Waals surface area (Å²) in [5.74, 6) is 0. The summed E-state index contributed by atoms with van der Waals surface area (Å²) in [5, 5.41) is -0.903. The van der Waals surface area contributed by atoms with Crippen LogP contribution in [0.2, 0.25) is 0 Å². The maximum atomic E-state index is 12.0. The van der Waals surface area contributed by atoms with Crippen LogP contribution >= 0.6 is 12.2 Å². The fourth-order valence-corrected chi connectivity index (χ4v) is 3.06. The molecular formula is C13H21N3O2S2. The zero-order chi connectivity index (χ0) is 15.3. The van der Waals surface area contributed by atoms with Crippen molar-refractivity contribution in [1.82, 2.24) is 0 Å². The second-order valence-corrected chi connectivity index (χ2v) is 6.88. The van der Waals surface area contributed by atoms with Crippen LogP contribution in [0.5, 0.6) is 0 Å². The van der Waals surface area contributed by atoms with E-state index in [4.69, 9.17) is 18.0 Å². The van der Waals surface area contributed by atoms with E-state index in [1.807, 2.05) is 12.1 Å². The number of nitrogens with zero attached hydrogens (tertiary/aromatic N) is 1. The molecule has 5 nitrogen and oxygen atoms in total. The summed E-state index contributed by atoms with van der Waals surface area (Å²) in [6, 6.07) is 7.24. The smallest absolute Gasteiger partial charge is 0.241 e. The lowest BCUT2D eigenvalue weighted by molar-refractivity contribution is 0.598. The first-order valence-corrected chi connectivity index (χ1v) is 8.43. The van der Waals surface area contributed by atoms with E-state index in [0.717, 1.165) is 18.8 Å². The summed E-state index contributed by atoms with van der Waals surface area (Å²) in [5.41, 5.74) is 6.94. The Morgan fingerprint density at radius 2 is 1.80 bits per heavy atom. The van der Waals surface area contributed by atoms with Crippen molar-refractivity contribution in [2.75, 3.05) is 22.7 Å². The number of sulfonamides is 1. The molecular weight excluding hydrogens is 294 g/mol. The molecule has 3 N–H and O–H groups in total. The van der Waals surface area contributed by atoms with Crippen LogP contribution in [-0.2, 0) is 10.0 Å². The molecule has 1 aromatic carbocycles. The van der Waals surface area contributed by atoms with Crippen LogP contribution < -0.4 is 15.4 Å². The summed E-state index contributed by atoms with van der Waals surface area (Å²) in [6.45, 7) is 7.42. The van der Waals surface area contributed by atoms with Gasteiger partial charge in [0.15, 0.2) is 0 Å². The van der Waals surface area contributed by atoms with Crippen molar-refractivity contribution in [1.29, 1.82) is 0 Å². The van der Waals surface area contributed by atoms with Crippen molar-refractivity contribution in [2.24, 2.45) is 5.73 Å². The molecule has 1 atom stereocenters. The summed E-state index contributed by atoms with van der Waals surface area (Å²) in [7, 11) is -3.59. The molecule has 7 heteroatoms. The van der Waals surface area contributed by atoms with E-state index in [9.17, 15) is 8.42 Å². The second kappa shape index (κ2) is 6.90. The lowest BCUT2D eigenvalue weighted by Crippen LogP contribution is -2.35. The quantitative estimate of drug-likeness (QED) is 0.752. The van der Waals surface area contributed by atoms with Gasteiger partial charge in [0.05, 0.1) is 4.99 Å². The number of hydrogen-bond acceptors (Lipinski definition) is 4. The predicted octanol–water partition coefficient (Wildman–Crippen LogP) is 1.95. The predicted molar refractivity (Wildman–Crippen MR) is 88.8 cm³/mol. The molecule has 1 aromatic rings. The van der Waals surface area contributed by atoms with Crippen molar-refractivity contribution >= 4 is 38.6 Å². The maximum absolute atomic E-state index is 12.0. The molecule has 0 aliphatic heterocycles. The van der Waals surface area contributed by atoms with E-state index in [0.29, 0.717) is 5.69 Å². The van der Waals surface area contributed by atoms with Gasteiger partial charge in [0, 0.05) is 24.5 Å². The van der Waals surface area contributed by atoms with Gasteiger partial charge < -0.3 is 10.6 Å². The first-order chi connectivity index (χ1) is 9.31. The average Bonchev–Trinajstić information content (AvgIpc) is 2.40. The number of nitrogens with one attached hydrogen (secondary N) is 1. The van der Waals surface area contributed by atoms with E-state index in [1.165, 1.54) is 6.92 Å². The normalized spacial score (nSPS) is 12.8. The highest BCUT2D eigenvalue weighted by Crippen LogP contribution is 2.19. The van der Waals surface area contributed by atoms with E-state index in [-0.39, 0.29) is 4.99 Å². The topological polar surface area (TPSA) is 75.4 Å². The Labute approximate surface area is 126 Å². The zero-order valence-electron chi connectivity index (χ0n) is 12.0. The van der Waals surface area contributed by atoms with Crippen LogP contribution in [-0.4, -0.2) is 31.7 Å². The van der Waals surface area contributed by atoms with Crippen LogP contribution in [0.4, 0.5) is 11.4 Å². The van der Waals surface area contributed by atoms with Gasteiger partial charge in [-0.15, -0.1) is 0 Å². The van der Waals surface area contributed by atoms with Crippen LogP contribution in [0.15, 0.2) is 24.3 Å². The molecule has 0 aromatic heterocycles. The van der Waals surface area contributed by atoms with Gasteiger partial charge in [-0.2, -0.15) is 0 Å². The zero-order valence-corrected chi connectivity index (χ0v) is 13.6. The van der Waals surface area contributed by atoms with Crippen LogP contribution in [0.25, 0.3) is 0 Å². The number of anilines is 2. The summed E-state index contributed by atoms with van der Waals surface area (Å²) < 4.78 is 26.5. The average molecular weight is 315 g/mol. The van der Waals surface area contributed by atoms with Crippen molar-refractivity contribution in [3.05, 3.63) is 24.3 Å². The van der Waals surface area contributed by atoms with Crippen LogP contribution in [0, 0.1) is 0 Å². The molecule has 1 unspecified atom stereocenters. The lowest BCUT2D eigenvalue weighted by atomic mass is 10.2. The molecule has 0 radical (unpaired) electrons. The Morgan fingerprint density at radius 1 is 1.30 bits per heavy atom. The highest BCUT2D eigenvalue weighted by atomic mass is 32.2. The Balaban J connectivity index is 2.88. The molecule has 20 heavy (non-hydrogen) atoms. The van der Waals surface area contributed by atoms with Gasteiger partial charge in [-0.3, -0.25) is 4.72 Å². The van der Waals surface area contributed by atoms with Gasteiger partial charge in [-0.05, 0) is 45.0 Å². The van der Waals surface area contributed by atoms with Gasteiger partial charge in [-0.1, -0.05) is 12.2 Å². The highest BCUT2D eigenvalue weighted by Gasteiger charge is 2.23. The van der Waals surface area contributed by atoms with Gasteiger partial charge in [0.25, 0.3) is 0 Å². The summed E-state index contributed by atoms with van der Waals surface area (Å²) >= 11 is 4.72. The number of rotatable bonds is 7. The van der Waals surface area contributed by atoms with E-state index in [1.54, 1.807) is 12.1 Å². The van der Waals surface area contributed by atoms with Gasteiger partial charge >= 0.3 is 0 Å². The van der Waals surface area contributed by atoms with Gasteiger partial charge in [-0.25, -0.2) is 8.42 Å². The highest BCUT2D eigenvalue weighted by molar-refractivity contribution is 7.95. The molecule has 0 aliphatic rings. The van der Waals surface area contributed by atoms with Gasteiger partial charge in [0.1, 0.15) is 5.25 Å². The summed E-state index contributed by atoms with van der Waals surface area (Å²) in [6.07, 6.45) is 0. The summed E-state index contributed by atoms with van der Waals surface area (Å²) in [4.78, 5) is 2.13. The molecule has 0 heterocycles. The van der Waals surface area contributed by atoms with Crippen LogP contribution in [0.1, 0.15) is 20.8 Å². The van der Waals surface area contributed by atoms with Crippen molar-refractivity contribution in [3.8, 4) is 0 Å². The molecule has 0 bridgehead atoms. The third kappa shape index (κ3) is 4.08. The first-order valence-electron chi connectivity index (χ1n) is 6.47. The number of thiocarbonyl (C=S) groups is 1. The molecule has 112 valence electrons. The maximum Gasteiger partial charge on any atom is 0.241 e. The molecule has 0 saturated heterocycles. The lowest BCUT2D eigenvalue weighted by Gasteiger charge is -2.21. The minimum absolute atomic E-state index is 0.0442. The van der Waals surface area contributed by atoms with Crippen LogP contribution in [0.3, 0.4) is 0 Å². The minimum atomic E-state index is -3.59. The molecule has 0 fully saturated rings. The van der Waals surface area contributed by atoms with Gasteiger partial charge in [0.2, 0.25) is 10.0 Å². The standard InChI is InChI=1S/C13H21N3O2S2/c1-4-16(5-2)12-8-6-11(7-9-12)15-20(17,18)10(3)13(14)19/h6-10,15H,4-5H2,1-3H3,(H2,14,19). The van der Waals surface area contributed by atoms with E-state index < -0.39 is 15.3 Å². The van der Waals surface area contributed by atoms with E-state index >= 15 is 0 Å². The van der Waals surface area contributed by atoms with Crippen molar-refractivity contribution < 1.29 is 8.42 Å². The third-order valence-electron chi connectivity index (χ3n) is 3.12. The van der Waals surface area contributed by atoms with Crippen molar-refractivity contribution in [3.63, 3.8) is 0 Å². The minimum Gasteiger partial charge on any atom is -0.392 e. The first kappa shape index (κ1) is 16.7. The SMILES string of the molecule is CCN(CC)c1ccc(NS(=O)(=O)C(C)C(N)=S)cc1. The Morgan fingerprint density at radius 3 is 2.20 bits per heavy atom. The fraction of sp³-hybridized carbons (Fsp3) is 0.462. The van der Waals surface area contributed by atoms with E-state index in [2.05, 4.69) is 23.5 Å². The monoisotopic (exact) mass is 315 g/mol. The third-order valence-corrected chi connectivity index (χ3v) is 5.33. The number of nitrogens with two attached hydrogens (primary N) is 1. The molecule has 0 spiro atoms. The Bertz CT molecular complexity index is 551. The number of hydrogen-bond donors (Lipinski definition) is 2. The van der Waals surface area contributed by atoms with Crippen molar-refractivity contribution in [2.45, 2.75) is 26.0 Å². The Hall–Kier alpha value is -1.34. The molecule has 1 rings (SSSR count). The molecule has 0 saturated carbocycles. The Kier molecular flexibility index (Phi) is 5.76. The largest absolute Gasteiger partial charge is 0.392 e. The second-order valence-electron chi connectivity index (χ2n) is 4.41. The molecule has 0 aliphatic carbocycles. The number of benzene rings is 1. The molecule has 0 amide bonds.